The van der Waals surface area contributed by atoms with Gasteiger partial charge >= 0.3 is 10.1 Å². The molecule has 2 aromatic heterocycles. The van der Waals surface area contributed by atoms with Gasteiger partial charge in [0.1, 0.15) is 15.0 Å². The largest absolute Gasteiger partial charge is 0.374 e. The molecule has 0 aliphatic rings. The number of aryl methyl sites for hydroxylation is 1. The third-order valence-corrected chi connectivity index (χ3v) is 6.52. The third kappa shape index (κ3) is 4.63. The number of carbonyl (C=O) groups is 1. The Morgan fingerprint density at radius 1 is 1.03 bits per heavy atom. The summed E-state index contributed by atoms with van der Waals surface area (Å²) in [4.78, 5) is 21.5. The van der Waals surface area contributed by atoms with E-state index < -0.39 is 16.0 Å². The van der Waals surface area contributed by atoms with Gasteiger partial charge in [0.15, 0.2) is 5.69 Å². The van der Waals surface area contributed by atoms with Gasteiger partial charge in [-0.25, -0.2) is 4.98 Å². The minimum absolute atomic E-state index is 0.0363. The average molecular weight is 512 g/mol. The van der Waals surface area contributed by atoms with Gasteiger partial charge in [-0.15, -0.1) is 0 Å². The van der Waals surface area contributed by atoms with Crippen LogP contribution in [0.4, 0.5) is 0 Å². The number of amides is 1. The summed E-state index contributed by atoms with van der Waals surface area (Å²) in [5.41, 5.74) is 1.81. The summed E-state index contributed by atoms with van der Waals surface area (Å²) in [5, 5.41) is 3.27. The first-order valence-corrected chi connectivity index (χ1v) is 11.8. The van der Waals surface area contributed by atoms with Crippen molar-refractivity contribution < 1.29 is 17.4 Å². The quantitative estimate of drug-likeness (QED) is 0.304. The lowest BCUT2D eigenvalue weighted by Crippen LogP contribution is -2.25. The van der Waals surface area contributed by atoms with Crippen molar-refractivity contribution in [2.24, 2.45) is 0 Å². The molecule has 0 bridgehead atoms. The van der Waals surface area contributed by atoms with E-state index in [1.807, 2.05) is 37.3 Å². The maximum atomic E-state index is 13.0. The van der Waals surface area contributed by atoms with Crippen molar-refractivity contribution in [2.45, 2.75) is 18.4 Å². The van der Waals surface area contributed by atoms with Gasteiger partial charge in [0.25, 0.3) is 5.91 Å². The lowest BCUT2D eigenvalue weighted by Gasteiger charge is -2.14. The van der Waals surface area contributed by atoms with Crippen LogP contribution in [0.25, 0.3) is 10.9 Å². The standard InChI is InChI=1S/C23H18BrN3O4S/c1-15-9-11-17(12-10-15)32(29,30)31-21-19-18(8-5-13-25-19)22(24)27-20(21)23(28)26-14-16-6-3-2-4-7-16/h2-13H,14H2,1H3,(H,26,28). The number of hydrogen-bond donors (Lipinski definition) is 1. The Kier molecular flexibility index (Phi) is 6.20. The van der Waals surface area contributed by atoms with Crippen LogP contribution in [0.15, 0.2) is 82.4 Å². The summed E-state index contributed by atoms with van der Waals surface area (Å²) in [6.45, 7) is 2.09. The van der Waals surface area contributed by atoms with Crippen molar-refractivity contribution in [3.63, 3.8) is 0 Å². The number of nitrogens with one attached hydrogen (secondary N) is 1. The van der Waals surface area contributed by atoms with Crippen LogP contribution in [0.5, 0.6) is 5.75 Å². The van der Waals surface area contributed by atoms with Gasteiger partial charge < -0.3 is 9.50 Å². The molecule has 1 N–H and O–H groups in total. The Morgan fingerprint density at radius 3 is 2.47 bits per heavy atom. The van der Waals surface area contributed by atoms with Gasteiger partial charge in [-0.05, 0) is 52.7 Å². The van der Waals surface area contributed by atoms with Crippen LogP contribution in [0.2, 0.25) is 0 Å². The molecule has 1 amide bonds. The second kappa shape index (κ2) is 9.05. The Balaban J connectivity index is 1.76. The molecule has 7 nitrogen and oxygen atoms in total. The van der Waals surface area contributed by atoms with Crippen LogP contribution < -0.4 is 9.50 Å². The normalized spacial score (nSPS) is 11.3. The predicted molar refractivity (Wildman–Crippen MR) is 124 cm³/mol. The molecule has 4 aromatic rings. The highest BCUT2D eigenvalue weighted by Gasteiger charge is 2.26. The molecule has 9 heteroatoms. The first kappa shape index (κ1) is 21.9. The minimum atomic E-state index is -4.23. The smallest absolute Gasteiger partial charge is 0.339 e. The second-order valence-corrected chi connectivity index (χ2v) is 9.30. The van der Waals surface area contributed by atoms with Crippen molar-refractivity contribution in [3.8, 4) is 5.75 Å². The molecule has 0 spiro atoms. The molecule has 0 unspecified atom stereocenters. The fourth-order valence-electron chi connectivity index (χ4n) is 3.03. The number of rotatable bonds is 6. The SMILES string of the molecule is Cc1ccc(S(=O)(=O)Oc2c(C(=O)NCc3ccccc3)nc(Br)c3cccnc23)cc1. The number of pyridine rings is 2. The zero-order chi connectivity index (χ0) is 22.7. The zero-order valence-corrected chi connectivity index (χ0v) is 19.4. The molecule has 0 aliphatic carbocycles. The van der Waals surface area contributed by atoms with E-state index in [9.17, 15) is 13.2 Å². The van der Waals surface area contributed by atoms with E-state index in [0.717, 1.165) is 11.1 Å². The summed E-state index contributed by atoms with van der Waals surface area (Å²) >= 11 is 3.34. The number of fused-ring (bicyclic) bond motifs is 1. The highest BCUT2D eigenvalue weighted by Crippen LogP contribution is 2.33. The summed E-state index contributed by atoms with van der Waals surface area (Å²) < 4.78 is 31.8. The highest BCUT2D eigenvalue weighted by atomic mass is 79.9. The molecule has 0 radical (unpaired) electrons. The first-order chi connectivity index (χ1) is 15.3. The first-order valence-electron chi connectivity index (χ1n) is 9.62. The maximum Gasteiger partial charge on any atom is 0.339 e. The number of carbonyl (C=O) groups excluding carboxylic acids is 1. The minimum Gasteiger partial charge on any atom is -0.374 e. The van der Waals surface area contributed by atoms with E-state index in [4.69, 9.17) is 4.18 Å². The average Bonchev–Trinajstić information content (AvgIpc) is 2.80. The second-order valence-electron chi connectivity index (χ2n) is 7.00. The molecular weight excluding hydrogens is 494 g/mol. The molecule has 4 rings (SSSR count). The van der Waals surface area contributed by atoms with Crippen LogP contribution in [0.3, 0.4) is 0 Å². The summed E-state index contributed by atoms with van der Waals surface area (Å²) in [5.74, 6) is -0.814. The van der Waals surface area contributed by atoms with Gasteiger partial charge in [0.05, 0.1) is 0 Å². The highest BCUT2D eigenvalue weighted by molar-refractivity contribution is 9.10. The molecule has 2 aromatic carbocycles. The number of benzene rings is 2. The maximum absolute atomic E-state index is 13.0. The third-order valence-electron chi connectivity index (χ3n) is 4.68. The number of halogens is 1. The topological polar surface area (TPSA) is 98.2 Å². The van der Waals surface area contributed by atoms with E-state index in [1.165, 1.54) is 18.3 Å². The fourth-order valence-corrected chi connectivity index (χ4v) is 4.47. The van der Waals surface area contributed by atoms with E-state index in [-0.39, 0.29) is 28.4 Å². The Hall–Kier alpha value is -3.30. The lowest BCUT2D eigenvalue weighted by molar-refractivity contribution is 0.0944. The molecule has 2 heterocycles. The van der Waals surface area contributed by atoms with Crippen LogP contribution in [-0.4, -0.2) is 24.3 Å². The monoisotopic (exact) mass is 511 g/mol. The van der Waals surface area contributed by atoms with E-state index in [1.54, 1.807) is 24.3 Å². The number of aromatic nitrogens is 2. The van der Waals surface area contributed by atoms with Crippen molar-refractivity contribution in [1.29, 1.82) is 0 Å². The van der Waals surface area contributed by atoms with E-state index >= 15 is 0 Å². The van der Waals surface area contributed by atoms with Crippen molar-refractivity contribution in [3.05, 3.63) is 94.4 Å². The molecule has 0 saturated heterocycles. The van der Waals surface area contributed by atoms with Crippen molar-refractivity contribution in [2.75, 3.05) is 0 Å². The predicted octanol–water partition coefficient (Wildman–Crippen LogP) is 4.40. The summed E-state index contributed by atoms with van der Waals surface area (Å²) in [6.07, 6.45) is 1.49. The van der Waals surface area contributed by atoms with Crippen LogP contribution in [0.1, 0.15) is 21.6 Å². The van der Waals surface area contributed by atoms with Crippen molar-refractivity contribution >= 4 is 42.9 Å². The fraction of sp³-hybridized carbons (Fsp3) is 0.0870. The Labute approximate surface area is 193 Å². The van der Waals surface area contributed by atoms with Crippen LogP contribution in [-0.2, 0) is 16.7 Å². The lowest BCUT2D eigenvalue weighted by atomic mass is 10.2. The van der Waals surface area contributed by atoms with Crippen LogP contribution >= 0.6 is 15.9 Å². The molecule has 32 heavy (non-hydrogen) atoms. The molecule has 0 aliphatic heterocycles. The van der Waals surface area contributed by atoms with Gasteiger partial charge in [0.2, 0.25) is 5.75 Å². The van der Waals surface area contributed by atoms with Gasteiger partial charge in [0, 0.05) is 18.1 Å². The van der Waals surface area contributed by atoms with Crippen molar-refractivity contribution in [1.82, 2.24) is 15.3 Å². The van der Waals surface area contributed by atoms with Crippen LogP contribution in [0, 0.1) is 6.92 Å². The van der Waals surface area contributed by atoms with E-state index in [2.05, 4.69) is 31.2 Å². The molecule has 162 valence electrons. The zero-order valence-electron chi connectivity index (χ0n) is 16.9. The molecule has 0 fully saturated rings. The van der Waals surface area contributed by atoms with Gasteiger partial charge in [-0.1, -0.05) is 48.0 Å². The Morgan fingerprint density at radius 2 is 1.75 bits per heavy atom. The molecular formula is C23H18BrN3O4S. The molecule has 0 saturated carbocycles. The summed E-state index contributed by atoms with van der Waals surface area (Å²) in [6, 6.07) is 18.9. The summed E-state index contributed by atoms with van der Waals surface area (Å²) in [7, 11) is -4.23. The van der Waals surface area contributed by atoms with Gasteiger partial charge in [-0.2, -0.15) is 8.42 Å². The van der Waals surface area contributed by atoms with E-state index in [0.29, 0.717) is 9.99 Å². The number of nitrogens with zero attached hydrogens (tertiary/aromatic N) is 2. The Bertz CT molecular complexity index is 1390. The number of hydrogen-bond acceptors (Lipinski definition) is 6. The van der Waals surface area contributed by atoms with Gasteiger partial charge in [-0.3, -0.25) is 9.78 Å². The molecule has 0 atom stereocenters.